The number of thiophene rings is 1. The van der Waals surface area contributed by atoms with Gasteiger partial charge in [0.05, 0.1) is 0 Å². The van der Waals surface area contributed by atoms with Gasteiger partial charge in [0.1, 0.15) is 0 Å². The summed E-state index contributed by atoms with van der Waals surface area (Å²) in [6.45, 7) is 7.04. The molecule has 90 valence electrons. The molecule has 1 aromatic rings. The van der Waals surface area contributed by atoms with E-state index in [0.717, 1.165) is 6.54 Å². The highest BCUT2D eigenvalue weighted by molar-refractivity contribution is 7.07. The van der Waals surface area contributed by atoms with E-state index in [-0.39, 0.29) is 0 Å². The largest absolute Gasteiger partial charge is 0.313 e. The second-order valence-corrected chi connectivity index (χ2v) is 5.44. The molecule has 1 aromatic heterocycles. The molecule has 0 aromatic carbocycles. The highest BCUT2D eigenvalue weighted by Crippen LogP contribution is 2.12. The van der Waals surface area contributed by atoms with Crippen molar-refractivity contribution < 1.29 is 0 Å². The van der Waals surface area contributed by atoms with Crippen molar-refractivity contribution in [1.82, 2.24) is 10.2 Å². The molecule has 0 aliphatic carbocycles. The summed E-state index contributed by atoms with van der Waals surface area (Å²) >= 11 is 1.80. The average Bonchev–Trinajstić information content (AvgIpc) is 2.67. The lowest BCUT2D eigenvalue weighted by molar-refractivity contribution is 0.255. The van der Waals surface area contributed by atoms with Crippen LogP contribution >= 0.6 is 11.3 Å². The number of nitrogens with one attached hydrogen (secondary N) is 1. The van der Waals surface area contributed by atoms with Crippen LogP contribution in [0.4, 0.5) is 0 Å². The van der Waals surface area contributed by atoms with Crippen molar-refractivity contribution >= 4 is 11.3 Å². The molecule has 1 N–H and O–H groups in total. The summed E-state index contributed by atoms with van der Waals surface area (Å²) in [4.78, 5) is 2.60. The lowest BCUT2D eigenvalue weighted by Gasteiger charge is -2.23. The fraction of sp³-hybridized carbons (Fsp3) is 0.692. The predicted molar refractivity (Wildman–Crippen MR) is 70.9 cm³/mol. The summed E-state index contributed by atoms with van der Waals surface area (Å²) in [6.07, 6.45) is 3.87. The van der Waals surface area contributed by atoms with E-state index in [1.54, 1.807) is 11.3 Å². The van der Waals surface area contributed by atoms with E-state index >= 15 is 0 Å². The maximum Gasteiger partial charge on any atom is 0.0242 e. The van der Waals surface area contributed by atoms with Gasteiger partial charge in [-0.05, 0) is 48.3 Å². The maximum absolute atomic E-state index is 3.65. The van der Waals surface area contributed by atoms with Crippen molar-refractivity contribution in [3.63, 3.8) is 0 Å². The molecule has 2 heterocycles. The molecule has 0 spiro atoms. The molecular formula is C13H22N2S. The molecule has 3 heteroatoms. The van der Waals surface area contributed by atoms with Gasteiger partial charge in [-0.3, -0.25) is 4.90 Å². The highest BCUT2D eigenvalue weighted by atomic mass is 32.1. The van der Waals surface area contributed by atoms with Crippen LogP contribution in [0.1, 0.15) is 31.7 Å². The van der Waals surface area contributed by atoms with E-state index in [1.165, 1.54) is 44.5 Å². The first-order chi connectivity index (χ1) is 7.88. The molecule has 16 heavy (non-hydrogen) atoms. The van der Waals surface area contributed by atoms with Crippen LogP contribution in [0.2, 0.25) is 0 Å². The minimum Gasteiger partial charge on any atom is -0.313 e. The second kappa shape index (κ2) is 6.38. The van der Waals surface area contributed by atoms with Gasteiger partial charge in [-0.25, -0.2) is 0 Å². The molecule has 0 radical (unpaired) electrons. The molecule has 0 amide bonds. The molecule has 1 saturated heterocycles. The minimum absolute atomic E-state index is 0.700. The molecule has 2 nitrogen and oxygen atoms in total. The van der Waals surface area contributed by atoms with Crippen molar-refractivity contribution in [2.24, 2.45) is 0 Å². The fourth-order valence-corrected chi connectivity index (χ4v) is 3.06. The standard InChI is InChI=1S/C13H22N2S/c1-2-4-13-10-15(7-3-6-14-13)9-12-5-8-16-11-12/h5,8,11,13-14H,2-4,6-7,9-10H2,1H3. The SMILES string of the molecule is CCCC1CN(Cc2ccsc2)CCCN1. The van der Waals surface area contributed by atoms with Crippen LogP contribution in [0.25, 0.3) is 0 Å². The van der Waals surface area contributed by atoms with Gasteiger partial charge in [-0.1, -0.05) is 13.3 Å². The number of hydrogen-bond acceptors (Lipinski definition) is 3. The number of nitrogens with zero attached hydrogens (tertiary/aromatic N) is 1. The van der Waals surface area contributed by atoms with Crippen LogP contribution in [0.15, 0.2) is 16.8 Å². The van der Waals surface area contributed by atoms with E-state index in [4.69, 9.17) is 0 Å². The quantitative estimate of drug-likeness (QED) is 0.867. The zero-order valence-corrected chi connectivity index (χ0v) is 10.9. The molecule has 2 rings (SSSR count). The summed E-state index contributed by atoms with van der Waals surface area (Å²) in [5.41, 5.74) is 1.47. The first kappa shape index (κ1) is 12.1. The van der Waals surface area contributed by atoms with E-state index in [9.17, 15) is 0 Å². The third-order valence-corrected chi connectivity index (χ3v) is 3.92. The van der Waals surface area contributed by atoms with Gasteiger partial charge in [0.2, 0.25) is 0 Å². The van der Waals surface area contributed by atoms with Crippen molar-refractivity contribution in [2.45, 2.75) is 38.8 Å². The van der Waals surface area contributed by atoms with E-state index in [1.807, 2.05) is 0 Å². The highest BCUT2D eigenvalue weighted by Gasteiger charge is 2.16. The minimum atomic E-state index is 0.700. The van der Waals surface area contributed by atoms with Crippen LogP contribution in [-0.2, 0) is 6.54 Å². The van der Waals surface area contributed by atoms with Gasteiger partial charge in [0, 0.05) is 19.1 Å². The van der Waals surface area contributed by atoms with Crippen LogP contribution in [-0.4, -0.2) is 30.6 Å². The number of hydrogen-bond donors (Lipinski definition) is 1. The van der Waals surface area contributed by atoms with E-state index in [2.05, 4.69) is 34.0 Å². The van der Waals surface area contributed by atoms with Crippen LogP contribution in [0.5, 0.6) is 0 Å². The monoisotopic (exact) mass is 238 g/mol. The average molecular weight is 238 g/mol. The summed E-state index contributed by atoms with van der Waals surface area (Å²) in [5.74, 6) is 0. The third-order valence-electron chi connectivity index (χ3n) is 3.19. The summed E-state index contributed by atoms with van der Waals surface area (Å²) in [6, 6.07) is 2.95. The molecular weight excluding hydrogens is 216 g/mol. The van der Waals surface area contributed by atoms with Crippen LogP contribution in [0.3, 0.4) is 0 Å². The van der Waals surface area contributed by atoms with E-state index < -0.39 is 0 Å². The Bertz CT molecular complexity index is 284. The van der Waals surface area contributed by atoms with Crippen LogP contribution < -0.4 is 5.32 Å². The summed E-state index contributed by atoms with van der Waals surface area (Å²) in [7, 11) is 0. The molecule has 0 saturated carbocycles. The maximum atomic E-state index is 3.65. The third kappa shape index (κ3) is 3.58. The number of rotatable bonds is 4. The van der Waals surface area contributed by atoms with Crippen molar-refractivity contribution in [3.8, 4) is 0 Å². The van der Waals surface area contributed by atoms with Gasteiger partial charge < -0.3 is 5.32 Å². The zero-order chi connectivity index (χ0) is 11.2. The Labute approximate surface area is 103 Å². The fourth-order valence-electron chi connectivity index (χ4n) is 2.40. The van der Waals surface area contributed by atoms with E-state index in [0.29, 0.717) is 6.04 Å². The van der Waals surface area contributed by atoms with Gasteiger partial charge in [-0.15, -0.1) is 0 Å². The first-order valence-corrected chi connectivity index (χ1v) is 7.29. The van der Waals surface area contributed by atoms with Gasteiger partial charge in [-0.2, -0.15) is 11.3 Å². The molecule has 1 fully saturated rings. The Balaban J connectivity index is 1.87. The Morgan fingerprint density at radius 1 is 1.56 bits per heavy atom. The summed E-state index contributed by atoms with van der Waals surface area (Å²) in [5, 5.41) is 8.10. The molecule has 0 bridgehead atoms. The molecule has 1 aliphatic heterocycles. The first-order valence-electron chi connectivity index (χ1n) is 6.35. The Kier molecular flexibility index (Phi) is 4.82. The Morgan fingerprint density at radius 3 is 3.25 bits per heavy atom. The molecule has 1 atom stereocenters. The lowest BCUT2D eigenvalue weighted by Crippen LogP contribution is -2.37. The van der Waals surface area contributed by atoms with Gasteiger partial charge in [0.25, 0.3) is 0 Å². The van der Waals surface area contributed by atoms with Crippen LogP contribution in [0, 0.1) is 0 Å². The normalized spacial score (nSPS) is 23.2. The zero-order valence-electron chi connectivity index (χ0n) is 10.1. The lowest BCUT2D eigenvalue weighted by atomic mass is 10.1. The van der Waals surface area contributed by atoms with Gasteiger partial charge in [0.15, 0.2) is 0 Å². The molecule has 1 unspecified atom stereocenters. The molecule has 1 aliphatic rings. The summed E-state index contributed by atoms with van der Waals surface area (Å²) < 4.78 is 0. The Hall–Kier alpha value is -0.380. The van der Waals surface area contributed by atoms with Gasteiger partial charge >= 0.3 is 0 Å². The topological polar surface area (TPSA) is 15.3 Å². The van der Waals surface area contributed by atoms with Crippen molar-refractivity contribution in [3.05, 3.63) is 22.4 Å². The predicted octanol–water partition coefficient (Wildman–Crippen LogP) is 2.71. The second-order valence-electron chi connectivity index (χ2n) is 4.66. The van der Waals surface area contributed by atoms with Crippen molar-refractivity contribution in [2.75, 3.05) is 19.6 Å². The smallest absolute Gasteiger partial charge is 0.0242 e. The Morgan fingerprint density at radius 2 is 2.50 bits per heavy atom. The van der Waals surface area contributed by atoms with Crippen molar-refractivity contribution in [1.29, 1.82) is 0 Å².